The third-order valence-electron chi connectivity index (χ3n) is 3.09. The molecule has 5 nitrogen and oxygen atoms in total. The Kier molecular flexibility index (Phi) is 2.95. The fourth-order valence-electron chi connectivity index (χ4n) is 1.95. The van der Waals surface area contributed by atoms with Crippen LogP contribution in [0.1, 0.15) is 11.1 Å². The third kappa shape index (κ3) is 2.14. The molecule has 0 saturated carbocycles. The molecule has 0 unspecified atom stereocenters. The second-order valence-electron chi connectivity index (χ2n) is 4.59. The number of benzene rings is 1. The Morgan fingerprint density at radius 2 is 1.95 bits per heavy atom. The molecule has 0 saturated heterocycles. The molecule has 1 N–H and O–H groups in total. The van der Waals surface area contributed by atoms with Crippen LogP contribution in [0.5, 0.6) is 5.75 Å². The van der Waals surface area contributed by atoms with E-state index in [-0.39, 0.29) is 5.75 Å². The van der Waals surface area contributed by atoms with Crippen molar-refractivity contribution in [2.75, 3.05) is 0 Å². The first-order valence-corrected chi connectivity index (χ1v) is 6.21. The summed E-state index contributed by atoms with van der Waals surface area (Å²) < 4.78 is 5.27. The molecule has 3 aromatic rings. The van der Waals surface area contributed by atoms with Crippen LogP contribution in [0, 0.1) is 13.8 Å². The number of pyridine rings is 1. The summed E-state index contributed by atoms with van der Waals surface area (Å²) in [4.78, 5) is 8.62. The molecule has 0 atom stereocenters. The molecule has 0 aliphatic rings. The maximum absolute atomic E-state index is 9.53. The molecule has 0 aliphatic heterocycles. The van der Waals surface area contributed by atoms with Crippen LogP contribution in [0.3, 0.4) is 0 Å². The highest BCUT2D eigenvalue weighted by Crippen LogP contribution is 2.26. The van der Waals surface area contributed by atoms with Gasteiger partial charge >= 0.3 is 0 Å². The summed E-state index contributed by atoms with van der Waals surface area (Å²) in [6.07, 6.45) is 1.70. The average molecular weight is 267 g/mol. The summed E-state index contributed by atoms with van der Waals surface area (Å²) >= 11 is 0. The van der Waals surface area contributed by atoms with E-state index < -0.39 is 0 Å². The normalized spacial score (nSPS) is 10.7. The predicted molar refractivity (Wildman–Crippen MR) is 74.1 cm³/mol. The Hall–Kier alpha value is -2.69. The van der Waals surface area contributed by atoms with Crippen LogP contribution in [0.4, 0.5) is 0 Å². The van der Waals surface area contributed by atoms with Crippen molar-refractivity contribution in [3.8, 4) is 28.7 Å². The van der Waals surface area contributed by atoms with Gasteiger partial charge in [0, 0.05) is 11.8 Å². The maximum Gasteiger partial charge on any atom is 0.258 e. The van der Waals surface area contributed by atoms with Crippen molar-refractivity contribution in [3.63, 3.8) is 0 Å². The van der Waals surface area contributed by atoms with E-state index in [0.717, 1.165) is 16.7 Å². The van der Waals surface area contributed by atoms with Crippen molar-refractivity contribution >= 4 is 0 Å². The number of rotatable bonds is 2. The van der Waals surface area contributed by atoms with E-state index in [0.29, 0.717) is 17.4 Å². The molecule has 1 aromatic carbocycles. The molecule has 0 bridgehead atoms. The van der Waals surface area contributed by atoms with Crippen molar-refractivity contribution in [1.82, 2.24) is 15.1 Å². The van der Waals surface area contributed by atoms with E-state index >= 15 is 0 Å². The number of phenols is 1. The first kappa shape index (κ1) is 12.3. The standard InChI is InChI=1S/C15H13N3O2/c1-9-4-3-7-16-13(9)14-17-15(20-18-14)11-5-6-12(19)10(2)8-11/h3-8,19H,1-2H3. The van der Waals surface area contributed by atoms with E-state index in [1.54, 1.807) is 24.4 Å². The van der Waals surface area contributed by atoms with E-state index in [2.05, 4.69) is 15.1 Å². The monoisotopic (exact) mass is 267 g/mol. The quantitative estimate of drug-likeness (QED) is 0.772. The van der Waals surface area contributed by atoms with Gasteiger partial charge in [0.15, 0.2) is 0 Å². The molecule has 0 radical (unpaired) electrons. The third-order valence-corrected chi connectivity index (χ3v) is 3.09. The minimum absolute atomic E-state index is 0.244. The molecule has 0 amide bonds. The van der Waals surface area contributed by atoms with Crippen LogP contribution in [-0.4, -0.2) is 20.2 Å². The molecule has 0 spiro atoms. The maximum atomic E-state index is 9.53. The lowest BCUT2D eigenvalue weighted by molar-refractivity contribution is 0.431. The lowest BCUT2D eigenvalue weighted by Crippen LogP contribution is -1.89. The molecule has 2 aromatic heterocycles. The number of nitrogens with zero attached hydrogens (tertiary/aromatic N) is 3. The predicted octanol–water partition coefficient (Wildman–Crippen LogP) is 3.12. The minimum atomic E-state index is 0.244. The van der Waals surface area contributed by atoms with Crippen molar-refractivity contribution in [2.45, 2.75) is 13.8 Å². The Labute approximate surface area is 115 Å². The van der Waals surface area contributed by atoms with Gasteiger partial charge in [-0.2, -0.15) is 4.98 Å². The van der Waals surface area contributed by atoms with Crippen molar-refractivity contribution in [3.05, 3.63) is 47.7 Å². The molecule has 2 heterocycles. The van der Waals surface area contributed by atoms with Crippen molar-refractivity contribution < 1.29 is 9.63 Å². The number of aryl methyl sites for hydroxylation is 2. The molecular formula is C15H13N3O2. The number of aromatic hydroxyl groups is 1. The Morgan fingerprint density at radius 1 is 1.10 bits per heavy atom. The van der Waals surface area contributed by atoms with Gasteiger partial charge < -0.3 is 9.63 Å². The zero-order chi connectivity index (χ0) is 14.1. The Balaban J connectivity index is 2.02. The molecule has 20 heavy (non-hydrogen) atoms. The van der Waals surface area contributed by atoms with Crippen LogP contribution in [0.25, 0.3) is 23.0 Å². The van der Waals surface area contributed by atoms with Gasteiger partial charge in [-0.1, -0.05) is 11.2 Å². The van der Waals surface area contributed by atoms with Crippen LogP contribution in [0.2, 0.25) is 0 Å². The fourth-order valence-corrected chi connectivity index (χ4v) is 1.95. The number of aromatic nitrogens is 3. The number of hydrogen-bond donors (Lipinski definition) is 1. The molecule has 0 aliphatic carbocycles. The molecule has 5 heteroatoms. The van der Waals surface area contributed by atoms with Gasteiger partial charge in [0.05, 0.1) is 0 Å². The summed E-state index contributed by atoms with van der Waals surface area (Å²) in [5.41, 5.74) is 3.23. The van der Waals surface area contributed by atoms with Gasteiger partial charge in [0.25, 0.3) is 5.89 Å². The van der Waals surface area contributed by atoms with Gasteiger partial charge in [-0.25, -0.2) is 0 Å². The van der Waals surface area contributed by atoms with Gasteiger partial charge in [-0.3, -0.25) is 4.98 Å². The second-order valence-corrected chi connectivity index (χ2v) is 4.59. The summed E-state index contributed by atoms with van der Waals surface area (Å²) in [6.45, 7) is 3.77. The lowest BCUT2D eigenvalue weighted by atomic mass is 10.1. The zero-order valence-corrected chi connectivity index (χ0v) is 11.2. The molecule has 3 rings (SSSR count). The Morgan fingerprint density at radius 3 is 2.70 bits per heavy atom. The lowest BCUT2D eigenvalue weighted by Gasteiger charge is -1.99. The van der Waals surface area contributed by atoms with Crippen molar-refractivity contribution in [1.29, 1.82) is 0 Å². The largest absolute Gasteiger partial charge is 0.508 e. The van der Waals surface area contributed by atoms with Crippen LogP contribution >= 0.6 is 0 Å². The summed E-state index contributed by atoms with van der Waals surface area (Å²) in [5, 5.41) is 13.5. The van der Waals surface area contributed by atoms with Gasteiger partial charge in [0.1, 0.15) is 11.4 Å². The Bertz CT molecular complexity index is 765. The van der Waals surface area contributed by atoms with Crippen LogP contribution < -0.4 is 0 Å². The zero-order valence-electron chi connectivity index (χ0n) is 11.2. The van der Waals surface area contributed by atoms with Crippen LogP contribution in [-0.2, 0) is 0 Å². The van der Waals surface area contributed by atoms with Crippen LogP contribution in [0.15, 0.2) is 41.1 Å². The van der Waals surface area contributed by atoms with Gasteiger partial charge in [0.2, 0.25) is 5.82 Å². The molecule has 0 fully saturated rings. The van der Waals surface area contributed by atoms with E-state index in [9.17, 15) is 5.11 Å². The fraction of sp³-hybridized carbons (Fsp3) is 0.133. The van der Waals surface area contributed by atoms with E-state index in [1.165, 1.54) is 0 Å². The minimum Gasteiger partial charge on any atom is -0.508 e. The highest BCUT2D eigenvalue weighted by atomic mass is 16.5. The van der Waals surface area contributed by atoms with Gasteiger partial charge in [-0.15, -0.1) is 0 Å². The van der Waals surface area contributed by atoms with Gasteiger partial charge in [-0.05, 0) is 49.2 Å². The number of hydrogen-bond acceptors (Lipinski definition) is 5. The smallest absolute Gasteiger partial charge is 0.258 e. The van der Waals surface area contributed by atoms with E-state index in [1.807, 2.05) is 26.0 Å². The SMILES string of the molecule is Cc1cc(-c2nc(-c3ncccc3C)no2)ccc1O. The highest BCUT2D eigenvalue weighted by Gasteiger charge is 2.13. The first-order valence-electron chi connectivity index (χ1n) is 6.21. The van der Waals surface area contributed by atoms with E-state index in [4.69, 9.17) is 4.52 Å². The second kappa shape index (κ2) is 4.77. The number of phenolic OH excluding ortho intramolecular Hbond substituents is 1. The first-order chi connectivity index (χ1) is 9.65. The van der Waals surface area contributed by atoms with Crippen molar-refractivity contribution in [2.24, 2.45) is 0 Å². The highest BCUT2D eigenvalue weighted by molar-refractivity contribution is 5.61. The average Bonchev–Trinajstić information content (AvgIpc) is 2.92. The molecule has 100 valence electrons. The molecular weight excluding hydrogens is 254 g/mol. The topological polar surface area (TPSA) is 72.0 Å². The summed E-state index contributed by atoms with van der Waals surface area (Å²) in [7, 11) is 0. The summed E-state index contributed by atoms with van der Waals surface area (Å²) in [5.74, 6) is 1.12. The summed E-state index contributed by atoms with van der Waals surface area (Å²) in [6, 6.07) is 8.97.